The molecular weight excluding hydrogens is 468 g/mol. The van der Waals surface area contributed by atoms with Gasteiger partial charge in [-0.25, -0.2) is 14.5 Å². The van der Waals surface area contributed by atoms with Gasteiger partial charge >= 0.3 is 5.97 Å². The van der Waals surface area contributed by atoms with Gasteiger partial charge in [-0.3, -0.25) is 4.79 Å². The summed E-state index contributed by atoms with van der Waals surface area (Å²) >= 11 is 0. The van der Waals surface area contributed by atoms with Crippen LogP contribution in [0.15, 0.2) is 67.0 Å². The van der Waals surface area contributed by atoms with Gasteiger partial charge in [-0.1, -0.05) is 36.4 Å². The summed E-state index contributed by atoms with van der Waals surface area (Å²) in [6, 6.07) is 17.4. The van der Waals surface area contributed by atoms with E-state index in [4.69, 9.17) is 9.72 Å². The molecule has 1 N–H and O–H groups in total. The van der Waals surface area contributed by atoms with E-state index in [0.717, 1.165) is 27.7 Å². The smallest absolute Gasteiger partial charge is 0.343 e. The van der Waals surface area contributed by atoms with Crippen LogP contribution in [0, 0.1) is 20.8 Å². The third kappa shape index (κ3) is 4.35. The quantitative estimate of drug-likeness (QED) is 0.335. The Morgan fingerprint density at radius 3 is 2.38 bits per heavy atom. The molecule has 0 saturated heterocycles. The number of amides is 1. The van der Waals surface area contributed by atoms with Crippen LogP contribution in [0.25, 0.3) is 22.4 Å². The summed E-state index contributed by atoms with van der Waals surface area (Å²) in [7, 11) is 0. The second kappa shape index (κ2) is 9.69. The monoisotopic (exact) mass is 494 g/mol. The van der Waals surface area contributed by atoms with Crippen LogP contribution in [0.3, 0.4) is 0 Å². The molecule has 9 heteroatoms. The summed E-state index contributed by atoms with van der Waals surface area (Å²) in [5.74, 6) is -0.368. The normalized spacial score (nSPS) is 11.0. The van der Waals surface area contributed by atoms with Crippen LogP contribution in [0.4, 0.5) is 5.82 Å². The molecule has 37 heavy (non-hydrogen) atoms. The third-order valence-corrected chi connectivity index (χ3v) is 6.20. The lowest BCUT2D eigenvalue weighted by Crippen LogP contribution is -2.19. The number of aromatic nitrogens is 5. The van der Waals surface area contributed by atoms with Crippen molar-refractivity contribution in [2.24, 2.45) is 0 Å². The maximum Gasteiger partial charge on any atom is 0.343 e. The Morgan fingerprint density at radius 2 is 1.62 bits per heavy atom. The number of hydrogen-bond donors (Lipinski definition) is 1. The van der Waals surface area contributed by atoms with E-state index in [1.807, 2.05) is 75.4 Å². The van der Waals surface area contributed by atoms with Crippen molar-refractivity contribution in [1.29, 1.82) is 0 Å². The zero-order chi connectivity index (χ0) is 26.1. The Labute approximate surface area is 213 Å². The van der Waals surface area contributed by atoms with E-state index in [-0.39, 0.29) is 18.0 Å². The molecule has 3 aromatic heterocycles. The minimum absolute atomic E-state index is 0.132. The summed E-state index contributed by atoms with van der Waals surface area (Å²) in [6.07, 6.45) is 2.89. The lowest BCUT2D eigenvalue weighted by Gasteiger charge is -2.13. The molecule has 9 nitrogen and oxygen atoms in total. The fourth-order valence-corrected chi connectivity index (χ4v) is 4.29. The summed E-state index contributed by atoms with van der Waals surface area (Å²) in [6.45, 7) is 7.70. The summed E-state index contributed by atoms with van der Waals surface area (Å²) in [5, 5.41) is 12.7. The van der Waals surface area contributed by atoms with Crippen molar-refractivity contribution in [2.45, 2.75) is 27.7 Å². The topological polar surface area (TPSA) is 104 Å². The van der Waals surface area contributed by atoms with E-state index in [9.17, 15) is 9.59 Å². The molecule has 0 aliphatic rings. The second-order valence-corrected chi connectivity index (χ2v) is 8.65. The number of nitrogens with zero attached hydrogens (tertiary/aromatic N) is 5. The molecule has 3 heterocycles. The molecular formula is C28H26N6O3. The number of carbonyl (C=O) groups is 2. The van der Waals surface area contributed by atoms with E-state index in [0.29, 0.717) is 17.1 Å². The van der Waals surface area contributed by atoms with E-state index in [2.05, 4.69) is 15.5 Å². The molecule has 5 rings (SSSR count). The van der Waals surface area contributed by atoms with Crippen LogP contribution in [0.5, 0.6) is 0 Å². The highest BCUT2D eigenvalue weighted by Crippen LogP contribution is 2.27. The number of hydrogen-bond acceptors (Lipinski definition) is 6. The minimum Gasteiger partial charge on any atom is -0.462 e. The van der Waals surface area contributed by atoms with Crippen LogP contribution in [-0.4, -0.2) is 43.0 Å². The highest BCUT2D eigenvalue weighted by atomic mass is 16.5. The maximum atomic E-state index is 13.4. The number of anilines is 1. The Bertz CT molecular complexity index is 1640. The molecule has 0 aliphatic carbocycles. The van der Waals surface area contributed by atoms with E-state index < -0.39 is 11.9 Å². The number of fused-ring (bicyclic) bond motifs is 1. The maximum absolute atomic E-state index is 13.4. The van der Waals surface area contributed by atoms with Gasteiger partial charge in [0.15, 0.2) is 11.6 Å². The molecule has 0 fully saturated rings. The largest absolute Gasteiger partial charge is 0.462 e. The Kier molecular flexibility index (Phi) is 6.27. The zero-order valence-electron chi connectivity index (χ0n) is 21.0. The number of esters is 1. The van der Waals surface area contributed by atoms with Gasteiger partial charge in [-0.15, -0.1) is 0 Å². The fraction of sp³-hybridized carbons (Fsp3) is 0.179. The predicted octanol–water partition coefficient (Wildman–Crippen LogP) is 4.96. The van der Waals surface area contributed by atoms with Crippen molar-refractivity contribution in [3.05, 3.63) is 94.9 Å². The molecule has 186 valence electrons. The van der Waals surface area contributed by atoms with Crippen molar-refractivity contribution in [1.82, 2.24) is 24.5 Å². The Balaban J connectivity index is 1.58. The van der Waals surface area contributed by atoms with Gasteiger partial charge in [0, 0.05) is 5.39 Å². The third-order valence-electron chi connectivity index (χ3n) is 6.20. The number of ether oxygens (including phenoxy) is 1. The second-order valence-electron chi connectivity index (χ2n) is 8.65. The van der Waals surface area contributed by atoms with Gasteiger partial charge in [0.2, 0.25) is 0 Å². The first-order valence-electron chi connectivity index (χ1n) is 11.9. The molecule has 0 unspecified atom stereocenters. The van der Waals surface area contributed by atoms with Crippen LogP contribution in [-0.2, 0) is 4.74 Å². The van der Waals surface area contributed by atoms with Gasteiger partial charge in [0.1, 0.15) is 5.56 Å². The van der Waals surface area contributed by atoms with Crippen molar-refractivity contribution in [3.63, 3.8) is 0 Å². The van der Waals surface area contributed by atoms with Crippen molar-refractivity contribution >= 4 is 28.6 Å². The number of aryl methyl sites for hydroxylation is 2. The first-order valence-corrected chi connectivity index (χ1v) is 11.9. The van der Waals surface area contributed by atoms with E-state index in [1.165, 1.54) is 17.1 Å². The molecule has 0 bridgehead atoms. The average Bonchev–Trinajstić information content (AvgIpc) is 3.49. The number of nitrogens with one attached hydrogen (secondary N) is 1. The van der Waals surface area contributed by atoms with Gasteiger partial charge in [-0.2, -0.15) is 14.9 Å². The minimum atomic E-state index is -0.588. The van der Waals surface area contributed by atoms with Gasteiger partial charge in [0.25, 0.3) is 5.91 Å². The number of pyridine rings is 1. The molecule has 1 amide bonds. The highest BCUT2D eigenvalue weighted by Gasteiger charge is 2.25. The Hall–Kier alpha value is -4.79. The molecule has 2 aromatic carbocycles. The van der Waals surface area contributed by atoms with Gasteiger partial charge in [0.05, 0.1) is 41.5 Å². The summed E-state index contributed by atoms with van der Waals surface area (Å²) in [5.41, 5.74) is 4.81. The van der Waals surface area contributed by atoms with Crippen LogP contribution < -0.4 is 5.32 Å². The van der Waals surface area contributed by atoms with Crippen molar-refractivity contribution in [2.75, 3.05) is 11.9 Å². The SMILES string of the molecule is CCOC(=O)c1cnn(-c2cc(C)c3cccc(C)c3n2)c1NC(=O)c1cnn(-c2ccccc2)c1C. The average molecular weight is 495 g/mol. The molecule has 0 radical (unpaired) electrons. The van der Waals surface area contributed by atoms with Gasteiger partial charge < -0.3 is 10.1 Å². The summed E-state index contributed by atoms with van der Waals surface area (Å²) in [4.78, 5) is 31.0. The van der Waals surface area contributed by atoms with Crippen molar-refractivity contribution in [3.8, 4) is 11.5 Å². The molecule has 0 aliphatic heterocycles. The highest BCUT2D eigenvalue weighted by molar-refractivity contribution is 6.08. The van der Waals surface area contributed by atoms with Gasteiger partial charge in [-0.05, 0) is 57.0 Å². The van der Waals surface area contributed by atoms with Crippen LogP contribution >= 0.6 is 0 Å². The molecule has 5 aromatic rings. The number of para-hydroxylation sites is 2. The van der Waals surface area contributed by atoms with Crippen molar-refractivity contribution < 1.29 is 14.3 Å². The standard InChI is InChI=1S/C28H26N6O3/c1-5-37-28(36)23-16-30-34(24-14-18(3)21-13-9-10-17(2)25(21)31-24)26(23)32-27(35)22-15-29-33(19(22)4)20-11-7-6-8-12-20/h6-16H,5H2,1-4H3,(H,32,35). The number of carbonyl (C=O) groups excluding carboxylic acids is 2. The van der Waals surface area contributed by atoms with Crippen LogP contribution in [0.2, 0.25) is 0 Å². The molecule has 0 saturated carbocycles. The van der Waals surface area contributed by atoms with E-state index >= 15 is 0 Å². The number of benzene rings is 2. The summed E-state index contributed by atoms with van der Waals surface area (Å²) < 4.78 is 8.37. The lowest BCUT2D eigenvalue weighted by atomic mass is 10.1. The fourth-order valence-electron chi connectivity index (χ4n) is 4.29. The predicted molar refractivity (Wildman–Crippen MR) is 141 cm³/mol. The van der Waals surface area contributed by atoms with E-state index in [1.54, 1.807) is 11.6 Å². The molecule has 0 atom stereocenters. The lowest BCUT2D eigenvalue weighted by molar-refractivity contribution is 0.0527. The Morgan fingerprint density at radius 1 is 0.892 bits per heavy atom. The first kappa shape index (κ1) is 23.9. The zero-order valence-corrected chi connectivity index (χ0v) is 21.0. The number of rotatable bonds is 6. The first-order chi connectivity index (χ1) is 17.9. The van der Waals surface area contributed by atoms with Crippen LogP contribution in [0.1, 0.15) is 44.5 Å². The molecule has 0 spiro atoms.